The molecule has 3 nitrogen and oxygen atoms in total. The monoisotopic (exact) mass is 410 g/mol. The first-order valence-electron chi connectivity index (χ1n) is 7.02. The lowest BCUT2D eigenvalue weighted by Crippen LogP contribution is -2.17. The molecule has 1 aliphatic rings. The first-order valence-corrected chi connectivity index (χ1v) is 8.57. The first-order chi connectivity index (χ1) is 11.0. The maximum atomic E-state index is 12.0. The van der Waals surface area contributed by atoms with Gasteiger partial charge in [-0.05, 0) is 23.8 Å². The fourth-order valence-corrected chi connectivity index (χ4v) is 3.66. The van der Waals surface area contributed by atoms with Crippen LogP contribution in [0.2, 0.25) is 0 Å². The minimum Gasteiger partial charge on any atom is -0.267 e. The molecule has 1 aliphatic carbocycles. The Labute approximate surface area is 152 Å². The van der Waals surface area contributed by atoms with Gasteiger partial charge in [0.05, 0.1) is 0 Å². The van der Waals surface area contributed by atoms with Gasteiger partial charge in [-0.1, -0.05) is 52.3 Å². The van der Waals surface area contributed by atoms with Crippen molar-refractivity contribution >= 4 is 51.3 Å². The van der Waals surface area contributed by atoms with Crippen LogP contribution in [-0.4, -0.2) is 16.5 Å². The fourth-order valence-electron chi connectivity index (χ4n) is 2.50. The van der Waals surface area contributed by atoms with Gasteiger partial charge < -0.3 is 0 Å². The van der Waals surface area contributed by atoms with Gasteiger partial charge in [-0.25, -0.2) is 5.43 Å². The quantitative estimate of drug-likeness (QED) is 0.440. The van der Waals surface area contributed by atoms with Gasteiger partial charge in [0.2, 0.25) is 0 Å². The van der Waals surface area contributed by atoms with Gasteiger partial charge in [0.15, 0.2) is 0 Å². The van der Waals surface area contributed by atoms with Crippen molar-refractivity contribution in [2.75, 3.05) is 0 Å². The van der Waals surface area contributed by atoms with Crippen LogP contribution in [0.25, 0.3) is 0 Å². The van der Waals surface area contributed by atoms with E-state index in [2.05, 4.69) is 26.5 Å². The summed E-state index contributed by atoms with van der Waals surface area (Å²) >= 11 is 16.0. The second-order valence-electron chi connectivity index (χ2n) is 5.32. The smallest absolute Gasteiger partial charge is 0.267 e. The van der Waals surface area contributed by atoms with Crippen LogP contribution in [0, 0.1) is 5.92 Å². The first kappa shape index (κ1) is 16.5. The van der Waals surface area contributed by atoms with Crippen molar-refractivity contribution in [3.8, 4) is 0 Å². The van der Waals surface area contributed by atoms with E-state index in [-0.39, 0.29) is 17.7 Å². The van der Waals surface area contributed by atoms with Gasteiger partial charge in [0.1, 0.15) is 4.33 Å². The summed E-state index contributed by atoms with van der Waals surface area (Å²) in [4.78, 5) is 12.0. The SMILES string of the molecule is O=C(N/N=C\[C@@H]1[C@@H](c2ccccc2)C1(Cl)Cl)c1cccc(Br)c1. The molecule has 0 saturated heterocycles. The molecular formula is C17H13BrCl2N2O. The van der Waals surface area contributed by atoms with Crippen LogP contribution in [0.5, 0.6) is 0 Å². The molecule has 1 fully saturated rings. The van der Waals surface area contributed by atoms with Crippen LogP contribution in [0.15, 0.2) is 64.2 Å². The highest BCUT2D eigenvalue weighted by Gasteiger charge is 2.63. The Morgan fingerprint density at radius 2 is 1.91 bits per heavy atom. The maximum absolute atomic E-state index is 12.0. The topological polar surface area (TPSA) is 41.5 Å². The number of carbonyl (C=O) groups is 1. The molecule has 3 rings (SSSR count). The average molecular weight is 412 g/mol. The third kappa shape index (κ3) is 3.60. The van der Waals surface area contributed by atoms with Crippen molar-refractivity contribution in [1.29, 1.82) is 0 Å². The molecule has 1 amide bonds. The predicted molar refractivity (Wildman–Crippen MR) is 97.2 cm³/mol. The second kappa shape index (κ2) is 6.63. The lowest BCUT2D eigenvalue weighted by Gasteiger charge is -2.00. The highest BCUT2D eigenvalue weighted by Crippen LogP contribution is 2.63. The molecule has 0 heterocycles. The van der Waals surface area contributed by atoms with Crippen molar-refractivity contribution in [1.82, 2.24) is 5.43 Å². The molecule has 0 radical (unpaired) electrons. The Morgan fingerprint density at radius 1 is 1.17 bits per heavy atom. The Kier molecular flexibility index (Phi) is 4.76. The molecule has 1 N–H and O–H groups in total. The highest BCUT2D eigenvalue weighted by molar-refractivity contribution is 9.10. The van der Waals surface area contributed by atoms with Crippen LogP contribution >= 0.6 is 39.1 Å². The Hall–Kier alpha value is -1.36. The number of rotatable bonds is 4. The minimum atomic E-state index is -0.884. The highest BCUT2D eigenvalue weighted by atomic mass is 79.9. The Balaban J connectivity index is 1.64. The summed E-state index contributed by atoms with van der Waals surface area (Å²) in [5.41, 5.74) is 4.09. The van der Waals surface area contributed by atoms with Gasteiger partial charge in [0, 0.05) is 28.1 Å². The van der Waals surface area contributed by atoms with Crippen LogP contribution in [-0.2, 0) is 0 Å². The van der Waals surface area contributed by atoms with Crippen molar-refractivity contribution in [2.24, 2.45) is 11.0 Å². The van der Waals surface area contributed by atoms with E-state index in [4.69, 9.17) is 23.2 Å². The number of hydrazone groups is 1. The molecule has 1 saturated carbocycles. The number of alkyl halides is 2. The van der Waals surface area contributed by atoms with Gasteiger partial charge in [-0.2, -0.15) is 5.10 Å². The zero-order valence-electron chi connectivity index (χ0n) is 11.9. The van der Waals surface area contributed by atoms with Gasteiger partial charge >= 0.3 is 0 Å². The Bertz CT molecular complexity index is 749. The largest absolute Gasteiger partial charge is 0.271 e. The number of amides is 1. The maximum Gasteiger partial charge on any atom is 0.271 e. The van der Waals surface area contributed by atoms with E-state index in [1.54, 1.807) is 24.4 Å². The number of nitrogens with one attached hydrogen (secondary N) is 1. The van der Waals surface area contributed by atoms with Crippen molar-refractivity contribution in [3.05, 3.63) is 70.2 Å². The summed E-state index contributed by atoms with van der Waals surface area (Å²) in [6.45, 7) is 0. The molecule has 0 unspecified atom stereocenters. The second-order valence-corrected chi connectivity index (χ2v) is 7.68. The number of hydrogen-bond donors (Lipinski definition) is 1. The zero-order chi connectivity index (χ0) is 16.4. The van der Waals surface area contributed by atoms with E-state index < -0.39 is 4.33 Å². The van der Waals surface area contributed by atoms with E-state index in [0.29, 0.717) is 5.56 Å². The summed E-state index contributed by atoms with van der Waals surface area (Å²) in [5, 5.41) is 4.00. The van der Waals surface area contributed by atoms with Crippen molar-refractivity contribution in [2.45, 2.75) is 10.3 Å². The fraction of sp³-hybridized carbons (Fsp3) is 0.176. The molecule has 23 heavy (non-hydrogen) atoms. The van der Waals surface area contributed by atoms with Crippen LogP contribution in [0.4, 0.5) is 0 Å². The standard InChI is InChI=1S/C17H13BrCl2N2O/c18-13-8-4-7-12(9-13)16(23)22-21-10-14-15(17(14,19)20)11-5-2-1-3-6-11/h1-10,14-15H,(H,22,23)/b21-10-/t14-,15-/m1/s1. The lowest BCUT2D eigenvalue weighted by molar-refractivity contribution is 0.0955. The third-order valence-electron chi connectivity index (χ3n) is 3.76. The molecule has 2 atom stereocenters. The van der Waals surface area contributed by atoms with E-state index in [1.165, 1.54) is 0 Å². The number of carbonyl (C=O) groups excluding carboxylic acids is 1. The molecule has 2 aromatic rings. The van der Waals surface area contributed by atoms with E-state index >= 15 is 0 Å². The zero-order valence-corrected chi connectivity index (χ0v) is 15.0. The molecule has 0 spiro atoms. The van der Waals surface area contributed by atoms with Crippen molar-refractivity contribution in [3.63, 3.8) is 0 Å². The number of hydrogen-bond acceptors (Lipinski definition) is 2. The van der Waals surface area contributed by atoms with Gasteiger partial charge in [0.25, 0.3) is 5.91 Å². The third-order valence-corrected chi connectivity index (χ3v) is 5.22. The Morgan fingerprint density at radius 3 is 2.61 bits per heavy atom. The molecule has 0 aliphatic heterocycles. The number of nitrogens with zero attached hydrogens (tertiary/aromatic N) is 1. The molecule has 6 heteroatoms. The normalized spacial score (nSPS) is 22.0. The summed E-state index contributed by atoms with van der Waals surface area (Å²) in [6, 6.07) is 16.9. The number of benzene rings is 2. The average Bonchev–Trinajstić information content (AvgIpc) is 3.09. The summed E-state index contributed by atoms with van der Waals surface area (Å²) in [7, 11) is 0. The van der Waals surface area contributed by atoms with E-state index in [9.17, 15) is 4.79 Å². The van der Waals surface area contributed by atoms with Gasteiger partial charge in [-0.3, -0.25) is 4.79 Å². The predicted octanol–water partition coefficient (Wildman–Crippen LogP) is 4.75. The van der Waals surface area contributed by atoms with E-state index in [1.807, 2.05) is 36.4 Å². The summed E-state index contributed by atoms with van der Waals surface area (Å²) < 4.78 is -0.0493. The molecule has 0 bridgehead atoms. The minimum absolute atomic E-state index is 0.0152. The van der Waals surface area contributed by atoms with Crippen LogP contribution < -0.4 is 5.43 Å². The molecule has 2 aromatic carbocycles. The molecule has 118 valence electrons. The van der Waals surface area contributed by atoms with Gasteiger partial charge in [-0.15, -0.1) is 23.2 Å². The van der Waals surface area contributed by atoms with E-state index in [0.717, 1.165) is 10.0 Å². The summed E-state index contributed by atoms with van der Waals surface area (Å²) in [6.07, 6.45) is 1.60. The van der Waals surface area contributed by atoms with Crippen LogP contribution in [0.1, 0.15) is 21.8 Å². The van der Waals surface area contributed by atoms with Crippen molar-refractivity contribution < 1.29 is 4.79 Å². The van der Waals surface area contributed by atoms with Crippen LogP contribution in [0.3, 0.4) is 0 Å². The molecular weight excluding hydrogens is 399 g/mol. The molecule has 0 aromatic heterocycles. The lowest BCUT2D eigenvalue weighted by atomic mass is 10.1. The summed E-state index contributed by atoms with van der Waals surface area (Å²) in [5.74, 6) is -0.427. The number of halogens is 3.